The lowest BCUT2D eigenvalue weighted by molar-refractivity contribution is -0.120. The van der Waals surface area contributed by atoms with Gasteiger partial charge in [-0.1, -0.05) is 24.3 Å². The summed E-state index contributed by atoms with van der Waals surface area (Å²) in [4.78, 5) is 16.6. The Morgan fingerprint density at radius 3 is 2.60 bits per heavy atom. The number of hydrogen-bond acceptors (Lipinski definition) is 5. The molecular formula is C22H25N3O4S. The largest absolute Gasteiger partial charge is 0.457 e. The Bertz CT molecular complexity index is 1090. The third-order valence-electron chi connectivity index (χ3n) is 4.77. The van der Waals surface area contributed by atoms with Crippen LogP contribution in [0.2, 0.25) is 0 Å². The molecule has 3 rings (SSSR count). The summed E-state index contributed by atoms with van der Waals surface area (Å²) in [7, 11) is -3.86. The average molecular weight is 428 g/mol. The van der Waals surface area contributed by atoms with Crippen molar-refractivity contribution in [2.24, 2.45) is 0 Å². The summed E-state index contributed by atoms with van der Waals surface area (Å²) in [5, 5.41) is 1.49. The second-order valence-electron chi connectivity index (χ2n) is 6.79. The van der Waals surface area contributed by atoms with Crippen molar-refractivity contribution in [1.29, 1.82) is 0 Å². The maximum absolute atomic E-state index is 12.9. The average Bonchev–Trinajstić information content (AvgIpc) is 3.21. The highest BCUT2D eigenvalue weighted by molar-refractivity contribution is 7.92. The molecule has 0 aliphatic heterocycles. The highest BCUT2D eigenvalue weighted by Crippen LogP contribution is 2.25. The molecule has 1 atom stereocenters. The predicted molar refractivity (Wildman–Crippen MR) is 114 cm³/mol. The first-order valence-electron chi connectivity index (χ1n) is 9.75. The highest BCUT2D eigenvalue weighted by Gasteiger charge is 2.30. The van der Waals surface area contributed by atoms with E-state index in [4.69, 9.17) is 4.74 Å². The van der Waals surface area contributed by atoms with Gasteiger partial charge in [-0.15, -0.1) is 0 Å². The monoisotopic (exact) mass is 427 g/mol. The predicted octanol–water partition coefficient (Wildman–Crippen LogP) is 3.22. The van der Waals surface area contributed by atoms with E-state index in [9.17, 15) is 13.2 Å². The van der Waals surface area contributed by atoms with Gasteiger partial charge in [-0.2, -0.15) is 0 Å². The fourth-order valence-electron chi connectivity index (χ4n) is 2.98. The molecule has 1 unspecified atom stereocenters. The third kappa shape index (κ3) is 5.07. The van der Waals surface area contributed by atoms with Gasteiger partial charge in [0.1, 0.15) is 16.7 Å². The summed E-state index contributed by atoms with van der Waals surface area (Å²) in [6.45, 7) is 4.52. The molecule has 0 aliphatic rings. The Kier molecular flexibility index (Phi) is 6.89. The molecule has 0 radical (unpaired) electrons. The molecule has 1 amide bonds. The fraction of sp³-hybridized carbons (Fsp3) is 0.273. The van der Waals surface area contributed by atoms with E-state index >= 15 is 0 Å². The molecule has 1 aromatic heterocycles. The van der Waals surface area contributed by atoms with Crippen LogP contribution in [0.3, 0.4) is 0 Å². The van der Waals surface area contributed by atoms with Crippen molar-refractivity contribution in [2.45, 2.75) is 37.0 Å². The van der Waals surface area contributed by atoms with Gasteiger partial charge in [0, 0.05) is 31.4 Å². The van der Waals surface area contributed by atoms with Crippen LogP contribution in [0.1, 0.15) is 19.5 Å². The smallest absolute Gasteiger partial charge is 0.238 e. The minimum Gasteiger partial charge on any atom is -0.457 e. The van der Waals surface area contributed by atoms with E-state index in [0.717, 1.165) is 12.2 Å². The van der Waals surface area contributed by atoms with E-state index < -0.39 is 21.0 Å². The zero-order valence-electron chi connectivity index (χ0n) is 17.0. The number of sulfone groups is 1. The maximum Gasteiger partial charge on any atom is 0.238 e. The van der Waals surface area contributed by atoms with Crippen molar-refractivity contribution in [2.75, 3.05) is 6.54 Å². The minimum atomic E-state index is -3.86. The molecular weight excluding hydrogens is 402 g/mol. The van der Waals surface area contributed by atoms with Crippen molar-refractivity contribution in [3.05, 3.63) is 72.8 Å². The van der Waals surface area contributed by atoms with Gasteiger partial charge in [-0.25, -0.2) is 13.4 Å². The van der Waals surface area contributed by atoms with Crippen LogP contribution in [-0.2, 0) is 27.6 Å². The number of amides is 1. The van der Waals surface area contributed by atoms with Crippen LogP contribution in [0.5, 0.6) is 11.5 Å². The number of benzene rings is 2. The lowest BCUT2D eigenvalue weighted by Gasteiger charge is -2.14. The summed E-state index contributed by atoms with van der Waals surface area (Å²) in [6.07, 6.45) is 4.05. The molecule has 0 saturated heterocycles. The van der Waals surface area contributed by atoms with Crippen molar-refractivity contribution in [1.82, 2.24) is 14.9 Å². The second-order valence-corrected chi connectivity index (χ2v) is 9.06. The number of nitrogens with one attached hydrogen (secondary N) is 1. The summed E-state index contributed by atoms with van der Waals surface area (Å²) in [5.41, 5.74) is 0.985. The number of carbonyl (C=O) groups is 1. The van der Waals surface area contributed by atoms with Gasteiger partial charge < -0.3 is 14.6 Å². The van der Waals surface area contributed by atoms with Crippen LogP contribution in [0.25, 0.3) is 0 Å². The number of hydrogen-bond donors (Lipinski definition) is 1. The van der Waals surface area contributed by atoms with E-state index in [1.54, 1.807) is 36.8 Å². The third-order valence-corrected chi connectivity index (χ3v) is 6.82. The first-order chi connectivity index (χ1) is 14.4. The van der Waals surface area contributed by atoms with Crippen molar-refractivity contribution in [3.8, 4) is 11.5 Å². The molecule has 0 fully saturated rings. The zero-order chi connectivity index (χ0) is 21.6. The number of aryl methyl sites for hydroxylation is 1. The summed E-state index contributed by atoms with van der Waals surface area (Å²) in [6, 6.07) is 15.3. The SMILES string of the molecule is CCn1cncc1CCNC(=O)C(C)S(=O)(=O)c1cccc(Oc2ccccc2)c1. The molecule has 1 heterocycles. The molecule has 0 bridgehead atoms. The maximum atomic E-state index is 12.9. The molecule has 0 saturated carbocycles. The zero-order valence-corrected chi connectivity index (χ0v) is 17.8. The molecule has 8 heteroatoms. The number of ether oxygens (including phenoxy) is 1. The van der Waals surface area contributed by atoms with E-state index in [-0.39, 0.29) is 4.90 Å². The molecule has 30 heavy (non-hydrogen) atoms. The lowest BCUT2D eigenvalue weighted by Crippen LogP contribution is -2.39. The first-order valence-corrected chi connectivity index (χ1v) is 11.3. The van der Waals surface area contributed by atoms with E-state index in [1.165, 1.54) is 19.1 Å². The molecule has 0 spiro atoms. The van der Waals surface area contributed by atoms with Crippen LogP contribution in [0.15, 0.2) is 72.0 Å². The summed E-state index contributed by atoms with van der Waals surface area (Å²) >= 11 is 0. The molecule has 3 aromatic rings. The Morgan fingerprint density at radius 1 is 1.13 bits per heavy atom. The number of carbonyl (C=O) groups excluding carboxylic acids is 1. The van der Waals surface area contributed by atoms with Crippen molar-refractivity contribution in [3.63, 3.8) is 0 Å². The van der Waals surface area contributed by atoms with Crippen LogP contribution in [0.4, 0.5) is 0 Å². The topological polar surface area (TPSA) is 90.3 Å². The van der Waals surface area contributed by atoms with Gasteiger partial charge >= 0.3 is 0 Å². The fourth-order valence-corrected chi connectivity index (χ4v) is 4.30. The summed E-state index contributed by atoms with van der Waals surface area (Å²) in [5.74, 6) is 0.457. The Hall–Kier alpha value is -3.13. The molecule has 0 aliphatic carbocycles. The minimum absolute atomic E-state index is 0.0441. The summed E-state index contributed by atoms with van der Waals surface area (Å²) < 4.78 is 33.6. The number of nitrogens with zero attached hydrogens (tertiary/aromatic N) is 2. The quantitative estimate of drug-likeness (QED) is 0.566. The van der Waals surface area contributed by atoms with E-state index in [1.807, 2.05) is 29.7 Å². The number of aromatic nitrogens is 2. The number of imidazole rings is 1. The number of para-hydroxylation sites is 1. The van der Waals surface area contributed by atoms with Crippen molar-refractivity contribution >= 4 is 15.7 Å². The molecule has 158 valence electrons. The van der Waals surface area contributed by atoms with Crippen LogP contribution >= 0.6 is 0 Å². The Labute approximate surface area is 176 Å². The Balaban J connectivity index is 1.65. The van der Waals surface area contributed by atoms with Gasteiger partial charge in [0.05, 0.1) is 11.2 Å². The van der Waals surface area contributed by atoms with Crippen LogP contribution in [0, 0.1) is 0 Å². The van der Waals surface area contributed by atoms with Crippen LogP contribution < -0.4 is 10.1 Å². The van der Waals surface area contributed by atoms with E-state index in [0.29, 0.717) is 24.5 Å². The highest BCUT2D eigenvalue weighted by atomic mass is 32.2. The van der Waals surface area contributed by atoms with Gasteiger partial charge in [0.2, 0.25) is 5.91 Å². The van der Waals surface area contributed by atoms with Crippen LogP contribution in [-0.4, -0.2) is 35.7 Å². The number of rotatable bonds is 9. The van der Waals surface area contributed by atoms with Gasteiger partial charge in [0.25, 0.3) is 0 Å². The first kappa shape index (κ1) is 21.6. The normalized spacial score (nSPS) is 12.3. The lowest BCUT2D eigenvalue weighted by atomic mass is 10.3. The van der Waals surface area contributed by atoms with Gasteiger partial charge in [-0.05, 0) is 44.2 Å². The second kappa shape index (κ2) is 9.58. The Morgan fingerprint density at radius 2 is 1.87 bits per heavy atom. The van der Waals surface area contributed by atoms with Gasteiger partial charge in [0.15, 0.2) is 9.84 Å². The molecule has 1 N–H and O–H groups in total. The van der Waals surface area contributed by atoms with E-state index in [2.05, 4.69) is 10.3 Å². The van der Waals surface area contributed by atoms with Gasteiger partial charge in [-0.3, -0.25) is 4.79 Å². The molecule has 2 aromatic carbocycles. The standard InChI is InChI=1S/C22H25N3O4S/c1-3-25-16-23-15-18(25)12-13-24-22(26)17(2)30(27,28)21-11-7-10-20(14-21)29-19-8-5-4-6-9-19/h4-11,14-17H,3,12-13H2,1-2H3,(H,24,26). The van der Waals surface area contributed by atoms with Crippen molar-refractivity contribution < 1.29 is 17.9 Å². The molecule has 7 nitrogen and oxygen atoms in total.